The number of aryl methyl sites for hydroxylation is 1. The second kappa shape index (κ2) is 10.4. The summed E-state index contributed by atoms with van der Waals surface area (Å²) >= 11 is 6.44. The molecule has 33 heavy (non-hydrogen) atoms. The van der Waals surface area contributed by atoms with Gasteiger partial charge in [-0.25, -0.2) is 5.43 Å². The molecule has 0 unspecified atom stereocenters. The van der Waals surface area contributed by atoms with Gasteiger partial charge in [-0.1, -0.05) is 12.1 Å². The summed E-state index contributed by atoms with van der Waals surface area (Å²) < 4.78 is 0.915. The number of hydrogen-bond donors (Lipinski definition) is 3. The highest BCUT2D eigenvalue weighted by Gasteiger charge is 2.17. The number of carbonyl (C=O) groups excluding carboxylic acids is 2. The zero-order valence-corrected chi connectivity index (χ0v) is 20.2. The number of phenols is 1. The molecule has 0 aliphatic heterocycles. The average Bonchev–Trinajstić information content (AvgIpc) is 2.77. The molecule has 3 aromatic carbocycles. The fraction of sp³-hybridized carbons (Fsp3) is 0.0455. The minimum Gasteiger partial charge on any atom is -0.506 e. The first-order valence-corrected chi connectivity index (χ1v) is 10.9. The maximum atomic E-state index is 12.6. The molecule has 2 amide bonds. The third kappa shape index (κ3) is 5.82. The van der Waals surface area contributed by atoms with Crippen molar-refractivity contribution in [2.75, 3.05) is 5.32 Å². The molecule has 0 bridgehead atoms. The zero-order valence-electron chi connectivity index (χ0n) is 17.0. The monoisotopic (exact) mass is 574 g/mol. The van der Waals surface area contributed by atoms with Crippen LogP contribution in [0.3, 0.4) is 0 Å². The van der Waals surface area contributed by atoms with E-state index < -0.39 is 16.7 Å². The summed E-state index contributed by atoms with van der Waals surface area (Å²) in [4.78, 5) is 35.7. The Morgan fingerprint density at radius 2 is 1.73 bits per heavy atom. The van der Waals surface area contributed by atoms with Crippen molar-refractivity contribution in [2.24, 2.45) is 5.10 Å². The Kier molecular flexibility index (Phi) is 7.56. The van der Waals surface area contributed by atoms with E-state index in [1.54, 1.807) is 37.3 Å². The molecule has 11 heteroatoms. The van der Waals surface area contributed by atoms with Crippen LogP contribution >= 0.6 is 31.9 Å². The number of amides is 2. The van der Waals surface area contributed by atoms with Crippen LogP contribution in [0.2, 0.25) is 0 Å². The van der Waals surface area contributed by atoms with Crippen molar-refractivity contribution in [3.05, 3.63) is 95.9 Å². The van der Waals surface area contributed by atoms with Gasteiger partial charge >= 0.3 is 0 Å². The van der Waals surface area contributed by atoms with Crippen LogP contribution in [0.1, 0.15) is 31.8 Å². The number of hydrazone groups is 1. The molecule has 0 atom stereocenters. The van der Waals surface area contributed by atoms with Crippen LogP contribution in [-0.4, -0.2) is 28.1 Å². The summed E-state index contributed by atoms with van der Waals surface area (Å²) in [6, 6.07) is 13.6. The summed E-state index contributed by atoms with van der Waals surface area (Å²) in [5.74, 6) is -1.03. The molecule has 168 valence electrons. The quantitative estimate of drug-likeness (QED) is 0.212. The molecule has 0 aliphatic rings. The largest absolute Gasteiger partial charge is 0.506 e. The summed E-state index contributed by atoms with van der Waals surface area (Å²) in [6.45, 7) is 1.54. The van der Waals surface area contributed by atoms with E-state index in [1.165, 1.54) is 30.5 Å². The molecule has 0 aromatic heterocycles. The molecule has 0 heterocycles. The van der Waals surface area contributed by atoms with Gasteiger partial charge in [0.25, 0.3) is 17.5 Å². The number of aromatic hydroxyl groups is 1. The summed E-state index contributed by atoms with van der Waals surface area (Å²) in [5.41, 5.74) is 3.91. The van der Waals surface area contributed by atoms with Gasteiger partial charge in [0.05, 0.1) is 31.3 Å². The van der Waals surface area contributed by atoms with Gasteiger partial charge in [0.2, 0.25) is 0 Å². The van der Waals surface area contributed by atoms with Crippen LogP contribution in [0.5, 0.6) is 5.75 Å². The highest BCUT2D eigenvalue weighted by molar-refractivity contribution is 9.11. The van der Waals surface area contributed by atoms with E-state index in [9.17, 15) is 24.8 Å². The second-order valence-electron chi connectivity index (χ2n) is 6.79. The lowest BCUT2D eigenvalue weighted by Gasteiger charge is -2.10. The summed E-state index contributed by atoms with van der Waals surface area (Å²) in [5, 5.41) is 27.3. The maximum absolute atomic E-state index is 12.6. The number of rotatable bonds is 6. The number of para-hydroxylation sites is 1. The van der Waals surface area contributed by atoms with Gasteiger partial charge in [0.15, 0.2) is 0 Å². The van der Waals surface area contributed by atoms with E-state index in [1.807, 2.05) is 0 Å². The Morgan fingerprint density at radius 3 is 2.36 bits per heavy atom. The second-order valence-corrected chi connectivity index (χ2v) is 8.50. The Balaban J connectivity index is 1.74. The Labute approximate surface area is 204 Å². The molecule has 0 saturated carbocycles. The highest BCUT2D eigenvalue weighted by Crippen LogP contribution is 2.32. The van der Waals surface area contributed by atoms with Crippen LogP contribution in [0.15, 0.2) is 68.6 Å². The number of phenolic OH excluding ortho intramolecular Hbond substituents is 1. The number of nitrogens with zero attached hydrogens (tertiary/aromatic N) is 2. The Bertz CT molecular complexity index is 1270. The number of benzene rings is 3. The van der Waals surface area contributed by atoms with Crippen LogP contribution in [0.25, 0.3) is 0 Å². The predicted molar refractivity (Wildman–Crippen MR) is 131 cm³/mol. The van der Waals surface area contributed by atoms with Gasteiger partial charge in [0.1, 0.15) is 5.75 Å². The Hall–Kier alpha value is -3.57. The van der Waals surface area contributed by atoms with Gasteiger partial charge in [-0.05, 0) is 80.7 Å². The van der Waals surface area contributed by atoms with Crippen LogP contribution in [0.4, 0.5) is 11.4 Å². The molecule has 9 nitrogen and oxygen atoms in total. The van der Waals surface area contributed by atoms with Crippen molar-refractivity contribution < 1.29 is 19.6 Å². The lowest BCUT2D eigenvalue weighted by atomic mass is 10.1. The number of nitrogens with one attached hydrogen (secondary N) is 2. The van der Waals surface area contributed by atoms with Crippen molar-refractivity contribution in [1.29, 1.82) is 0 Å². The molecule has 3 aromatic rings. The Morgan fingerprint density at radius 1 is 1.06 bits per heavy atom. The number of carbonyl (C=O) groups is 2. The minimum atomic E-state index is -0.557. The van der Waals surface area contributed by atoms with Crippen molar-refractivity contribution in [1.82, 2.24) is 5.43 Å². The zero-order chi connectivity index (χ0) is 24.1. The fourth-order valence-corrected chi connectivity index (χ4v) is 4.09. The van der Waals surface area contributed by atoms with E-state index in [-0.39, 0.29) is 28.3 Å². The van der Waals surface area contributed by atoms with Gasteiger partial charge in [0, 0.05) is 17.2 Å². The molecule has 3 N–H and O–H groups in total. The number of anilines is 1. The van der Waals surface area contributed by atoms with Crippen molar-refractivity contribution in [3.8, 4) is 5.75 Å². The summed E-state index contributed by atoms with van der Waals surface area (Å²) in [6.07, 6.45) is 1.40. The van der Waals surface area contributed by atoms with Crippen molar-refractivity contribution >= 4 is 61.3 Å². The molecular formula is C22H16Br2N4O5. The lowest BCUT2D eigenvalue weighted by molar-refractivity contribution is -0.385. The number of hydrogen-bond acceptors (Lipinski definition) is 6. The molecule has 3 rings (SSSR count). The molecule has 0 spiro atoms. The SMILES string of the molecule is Cc1cc(C(=O)Nc2ccccc2C(=O)N/N=C\c2cc(Br)c(O)c(Br)c2)ccc1[N+](=O)[O-]. The number of halogens is 2. The molecule has 0 aliphatic carbocycles. The minimum absolute atomic E-state index is 0.0454. The van der Waals surface area contributed by atoms with E-state index in [2.05, 4.69) is 47.7 Å². The lowest BCUT2D eigenvalue weighted by Crippen LogP contribution is -2.21. The van der Waals surface area contributed by atoms with Gasteiger partial charge in [-0.2, -0.15) is 5.10 Å². The number of nitro groups is 1. The predicted octanol–water partition coefficient (Wildman–Crippen LogP) is 5.15. The van der Waals surface area contributed by atoms with Crippen molar-refractivity contribution in [2.45, 2.75) is 6.92 Å². The standard InChI is InChI=1S/C22H16Br2N4O5/c1-12-8-14(6-7-19(12)28(32)33)21(30)26-18-5-3-2-4-15(18)22(31)27-25-11-13-9-16(23)20(29)17(24)10-13/h2-11,29H,1H3,(H,26,30)(H,27,31)/b25-11-. The van der Waals surface area contributed by atoms with Crippen LogP contribution in [-0.2, 0) is 0 Å². The molecule has 0 saturated heterocycles. The topological polar surface area (TPSA) is 134 Å². The average molecular weight is 576 g/mol. The highest BCUT2D eigenvalue weighted by atomic mass is 79.9. The number of nitro benzene ring substituents is 1. The first kappa shape index (κ1) is 24.1. The van der Waals surface area contributed by atoms with E-state index in [0.29, 0.717) is 20.1 Å². The smallest absolute Gasteiger partial charge is 0.273 e. The van der Waals surface area contributed by atoms with Gasteiger partial charge < -0.3 is 10.4 Å². The summed E-state index contributed by atoms with van der Waals surface area (Å²) in [7, 11) is 0. The molecular weight excluding hydrogens is 560 g/mol. The van der Waals surface area contributed by atoms with Gasteiger partial charge in [-0.3, -0.25) is 19.7 Å². The van der Waals surface area contributed by atoms with Crippen LogP contribution < -0.4 is 10.7 Å². The maximum Gasteiger partial charge on any atom is 0.273 e. The van der Waals surface area contributed by atoms with E-state index >= 15 is 0 Å². The van der Waals surface area contributed by atoms with Crippen molar-refractivity contribution in [3.63, 3.8) is 0 Å². The first-order valence-electron chi connectivity index (χ1n) is 9.34. The fourth-order valence-electron chi connectivity index (χ4n) is 2.87. The third-order valence-corrected chi connectivity index (χ3v) is 5.70. The van der Waals surface area contributed by atoms with E-state index in [0.717, 1.165) is 0 Å². The molecule has 0 fully saturated rings. The van der Waals surface area contributed by atoms with Gasteiger partial charge in [-0.15, -0.1) is 0 Å². The van der Waals surface area contributed by atoms with E-state index in [4.69, 9.17) is 0 Å². The third-order valence-electron chi connectivity index (χ3n) is 4.49. The first-order chi connectivity index (χ1) is 15.7. The molecule has 0 radical (unpaired) electrons. The normalized spacial score (nSPS) is 10.8. The van der Waals surface area contributed by atoms with Crippen LogP contribution in [0, 0.1) is 17.0 Å².